The van der Waals surface area contributed by atoms with Crippen LogP contribution in [0.5, 0.6) is 5.75 Å². The molecule has 1 aromatic rings. The number of rotatable bonds is 8. The molecule has 0 aliphatic heterocycles. The summed E-state index contributed by atoms with van der Waals surface area (Å²) in [4.78, 5) is 14.4. The quantitative estimate of drug-likeness (QED) is 0.800. The van der Waals surface area contributed by atoms with Crippen molar-refractivity contribution in [1.29, 1.82) is 0 Å². The van der Waals surface area contributed by atoms with Crippen LogP contribution < -0.4 is 4.74 Å². The number of ether oxygens (including phenoxy) is 1. The number of amides is 1. The maximum absolute atomic E-state index is 12.4. The smallest absolute Gasteiger partial charge is 0.223 e. The van der Waals surface area contributed by atoms with Crippen LogP contribution in [0.15, 0.2) is 24.3 Å². The van der Waals surface area contributed by atoms with E-state index < -0.39 is 0 Å². The van der Waals surface area contributed by atoms with Crippen molar-refractivity contribution in [2.24, 2.45) is 0 Å². The molecule has 0 saturated heterocycles. The van der Waals surface area contributed by atoms with Gasteiger partial charge >= 0.3 is 0 Å². The van der Waals surface area contributed by atoms with Gasteiger partial charge in [0.05, 0.1) is 7.11 Å². The van der Waals surface area contributed by atoms with E-state index in [1.165, 1.54) is 6.42 Å². The monoisotopic (exact) mass is 291 g/mol. The maximum Gasteiger partial charge on any atom is 0.223 e. The molecule has 0 bridgehead atoms. The molecule has 0 atom stereocenters. The van der Waals surface area contributed by atoms with Crippen molar-refractivity contribution in [3.63, 3.8) is 0 Å². The van der Waals surface area contributed by atoms with Gasteiger partial charge in [-0.3, -0.25) is 4.79 Å². The lowest BCUT2D eigenvalue weighted by Crippen LogP contribution is -2.45. The number of benzene rings is 1. The summed E-state index contributed by atoms with van der Waals surface area (Å²) >= 11 is 0. The third-order valence-corrected chi connectivity index (χ3v) is 4.18. The van der Waals surface area contributed by atoms with Gasteiger partial charge in [-0.05, 0) is 49.8 Å². The largest absolute Gasteiger partial charge is 0.497 e. The fourth-order valence-corrected chi connectivity index (χ4v) is 2.64. The van der Waals surface area contributed by atoms with Crippen molar-refractivity contribution in [1.82, 2.24) is 4.90 Å². The van der Waals surface area contributed by atoms with Crippen LogP contribution in [-0.4, -0.2) is 42.2 Å². The Morgan fingerprint density at radius 1 is 1.33 bits per heavy atom. The molecule has 0 radical (unpaired) electrons. The zero-order valence-electron chi connectivity index (χ0n) is 12.8. The van der Waals surface area contributed by atoms with Crippen LogP contribution in [0.2, 0.25) is 0 Å². The molecule has 1 saturated carbocycles. The minimum Gasteiger partial charge on any atom is -0.497 e. The van der Waals surface area contributed by atoms with Crippen molar-refractivity contribution in [3.05, 3.63) is 29.8 Å². The molecule has 0 aromatic heterocycles. The van der Waals surface area contributed by atoms with Crippen molar-refractivity contribution < 1.29 is 14.6 Å². The number of aryl methyl sites for hydroxylation is 1. The fraction of sp³-hybridized carbons (Fsp3) is 0.588. The van der Waals surface area contributed by atoms with Gasteiger partial charge in [0.15, 0.2) is 0 Å². The van der Waals surface area contributed by atoms with Crippen molar-refractivity contribution in [2.45, 2.75) is 44.6 Å². The Hall–Kier alpha value is -1.55. The number of carbonyl (C=O) groups excluding carboxylic acids is 1. The number of nitrogens with zero attached hydrogens (tertiary/aromatic N) is 1. The third-order valence-electron chi connectivity index (χ3n) is 4.18. The molecule has 0 heterocycles. The molecular formula is C17H25NO3. The first-order valence-electron chi connectivity index (χ1n) is 7.78. The predicted molar refractivity (Wildman–Crippen MR) is 82.4 cm³/mol. The van der Waals surface area contributed by atoms with Gasteiger partial charge in [-0.2, -0.15) is 0 Å². The van der Waals surface area contributed by atoms with Crippen LogP contribution in [0.4, 0.5) is 0 Å². The second kappa shape index (κ2) is 8.03. The topological polar surface area (TPSA) is 49.8 Å². The highest BCUT2D eigenvalue weighted by atomic mass is 16.5. The summed E-state index contributed by atoms with van der Waals surface area (Å²) in [6.07, 6.45) is 5.40. The molecule has 1 N–H and O–H groups in total. The molecule has 0 unspecified atom stereocenters. The molecule has 0 spiro atoms. The maximum atomic E-state index is 12.4. The lowest BCUT2D eigenvalue weighted by Gasteiger charge is -2.37. The van der Waals surface area contributed by atoms with E-state index in [-0.39, 0.29) is 12.5 Å². The van der Waals surface area contributed by atoms with Crippen molar-refractivity contribution in [2.75, 3.05) is 20.3 Å². The summed E-state index contributed by atoms with van der Waals surface area (Å²) in [6, 6.07) is 8.27. The van der Waals surface area contributed by atoms with E-state index >= 15 is 0 Å². The Balaban J connectivity index is 1.85. The molecule has 4 heteroatoms. The zero-order valence-corrected chi connectivity index (χ0v) is 12.8. The minimum atomic E-state index is 0.148. The first-order chi connectivity index (χ1) is 10.2. The molecule has 1 aromatic carbocycles. The van der Waals surface area contributed by atoms with Gasteiger partial charge in [0.25, 0.3) is 0 Å². The normalized spacial score (nSPS) is 14.6. The third kappa shape index (κ3) is 4.46. The Morgan fingerprint density at radius 2 is 2.05 bits per heavy atom. The van der Waals surface area contributed by atoms with E-state index in [1.807, 2.05) is 29.2 Å². The van der Waals surface area contributed by atoms with Crippen LogP contribution in [0, 0.1) is 0 Å². The zero-order chi connectivity index (χ0) is 15.1. The van der Waals surface area contributed by atoms with Gasteiger partial charge in [0, 0.05) is 25.6 Å². The van der Waals surface area contributed by atoms with E-state index in [1.54, 1.807) is 7.11 Å². The lowest BCUT2D eigenvalue weighted by molar-refractivity contribution is -0.135. The summed E-state index contributed by atoms with van der Waals surface area (Å²) in [5, 5.41) is 8.98. The standard InChI is InChI=1S/C17H25NO3/c1-21-16-9-6-14(7-10-16)8-11-17(20)18(12-3-13-19)15-4-2-5-15/h6-7,9-10,15,19H,2-5,8,11-13H2,1H3. The van der Waals surface area contributed by atoms with E-state index in [0.717, 1.165) is 30.6 Å². The lowest BCUT2D eigenvalue weighted by atomic mass is 9.91. The Bertz CT molecular complexity index is 440. The fourth-order valence-electron chi connectivity index (χ4n) is 2.64. The Morgan fingerprint density at radius 3 is 2.57 bits per heavy atom. The van der Waals surface area contributed by atoms with Crippen LogP contribution in [-0.2, 0) is 11.2 Å². The number of carbonyl (C=O) groups is 1. The highest BCUT2D eigenvalue weighted by Gasteiger charge is 2.27. The van der Waals surface area contributed by atoms with E-state index in [4.69, 9.17) is 9.84 Å². The predicted octanol–water partition coefficient (Wildman–Crippen LogP) is 2.39. The molecule has 21 heavy (non-hydrogen) atoms. The van der Waals surface area contributed by atoms with E-state index in [2.05, 4.69) is 0 Å². The summed E-state index contributed by atoms with van der Waals surface area (Å²) < 4.78 is 5.13. The molecule has 116 valence electrons. The van der Waals surface area contributed by atoms with Crippen LogP contribution in [0.1, 0.15) is 37.7 Å². The van der Waals surface area contributed by atoms with E-state index in [9.17, 15) is 4.79 Å². The number of hydrogen-bond donors (Lipinski definition) is 1. The number of hydrogen-bond acceptors (Lipinski definition) is 3. The molecule has 1 aliphatic rings. The molecule has 1 amide bonds. The second-order valence-electron chi connectivity index (χ2n) is 5.60. The van der Waals surface area contributed by atoms with Gasteiger partial charge < -0.3 is 14.7 Å². The summed E-state index contributed by atoms with van der Waals surface area (Å²) in [5.74, 6) is 1.05. The summed E-state index contributed by atoms with van der Waals surface area (Å²) in [6.45, 7) is 0.831. The highest BCUT2D eigenvalue weighted by molar-refractivity contribution is 5.77. The number of aliphatic hydroxyl groups excluding tert-OH is 1. The van der Waals surface area contributed by atoms with Gasteiger partial charge in [0.2, 0.25) is 5.91 Å². The molecule has 4 nitrogen and oxygen atoms in total. The average molecular weight is 291 g/mol. The summed E-state index contributed by atoms with van der Waals surface area (Å²) in [5.41, 5.74) is 1.15. The SMILES string of the molecule is COc1ccc(CCC(=O)N(CCCO)C2CCC2)cc1. The van der Waals surface area contributed by atoms with Crippen LogP contribution in [0.25, 0.3) is 0 Å². The summed E-state index contributed by atoms with van der Waals surface area (Å²) in [7, 11) is 1.65. The highest BCUT2D eigenvalue weighted by Crippen LogP contribution is 2.25. The number of aliphatic hydroxyl groups is 1. The molecule has 1 fully saturated rings. The van der Waals surface area contributed by atoms with Gasteiger partial charge in [-0.15, -0.1) is 0 Å². The Kier molecular flexibility index (Phi) is 6.05. The van der Waals surface area contributed by atoms with Crippen LogP contribution in [0.3, 0.4) is 0 Å². The minimum absolute atomic E-state index is 0.148. The molecule has 2 rings (SSSR count). The first-order valence-corrected chi connectivity index (χ1v) is 7.78. The first kappa shape index (κ1) is 15.8. The van der Waals surface area contributed by atoms with Gasteiger partial charge in [-0.25, -0.2) is 0 Å². The average Bonchev–Trinajstić information content (AvgIpc) is 2.47. The number of methoxy groups -OCH3 is 1. The van der Waals surface area contributed by atoms with Crippen molar-refractivity contribution >= 4 is 5.91 Å². The second-order valence-corrected chi connectivity index (χ2v) is 5.60. The van der Waals surface area contributed by atoms with Gasteiger partial charge in [-0.1, -0.05) is 12.1 Å². The molecular weight excluding hydrogens is 266 g/mol. The van der Waals surface area contributed by atoms with E-state index in [0.29, 0.717) is 25.4 Å². The molecule has 1 aliphatic carbocycles. The van der Waals surface area contributed by atoms with Crippen molar-refractivity contribution in [3.8, 4) is 5.75 Å². The van der Waals surface area contributed by atoms with Crippen LogP contribution >= 0.6 is 0 Å². The Labute approximate surface area is 126 Å². The van der Waals surface area contributed by atoms with Gasteiger partial charge in [0.1, 0.15) is 5.75 Å².